The van der Waals surface area contributed by atoms with Crippen molar-refractivity contribution in [2.45, 2.75) is 20.0 Å². The fourth-order valence-corrected chi connectivity index (χ4v) is 2.51. The van der Waals surface area contributed by atoms with E-state index < -0.39 is 17.6 Å². The van der Waals surface area contributed by atoms with Crippen LogP contribution in [0.25, 0.3) is 0 Å². The lowest BCUT2D eigenvalue weighted by Gasteiger charge is -2.24. The fraction of sp³-hybridized carbons (Fsp3) is 0.333. The molecule has 2 aromatic rings. The highest BCUT2D eigenvalue weighted by atomic mass is 35.5. The molecule has 2 N–H and O–H groups in total. The zero-order valence-electron chi connectivity index (χ0n) is 15.5. The number of nitrogens with two attached hydrogens (primary N) is 1. The zero-order chi connectivity index (χ0) is 21.8. The van der Waals surface area contributed by atoms with Gasteiger partial charge in [-0.3, -0.25) is 14.5 Å². The van der Waals surface area contributed by atoms with Gasteiger partial charge in [-0.05, 0) is 18.2 Å². The number of pyridine rings is 2. The summed E-state index contributed by atoms with van der Waals surface area (Å²) in [6.07, 6.45) is -2.63. The molecule has 2 amide bonds. The minimum absolute atomic E-state index is 0.00867. The number of anilines is 1. The van der Waals surface area contributed by atoms with Gasteiger partial charge in [0.2, 0.25) is 17.7 Å². The molecule has 2 rings (SSSR count). The first-order valence-electron chi connectivity index (χ1n) is 8.43. The van der Waals surface area contributed by atoms with Crippen molar-refractivity contribution in [3.8, 4) is 5.88 Å². The molecule has 2 heterocycles. The maximum atomic E-state index is 12.7. The highest BCUT2D eigenvalue weighted by Crippen LogP contribution is 2.33. The van der Waals surface area contributed by atoms with E-state index in [2.05, 4.69) is 9.97 Å². The van der Waals surface area contributed by atoms with Crippen LogP contribution in [0.3, 0.4) is 0 Å². The van der Waals surface area contributed by atoms with Crippen molar-refractivity contribution in [3.05, 3.63) is 46.7 Å². The summed E-state index contributed by atoms with van der Waals surface area (Å²) in [6, 6.07) is 3.48. The Labute approximate surface area is 169 Å². The normalized spacial score (nSPS) is 11.4. The number of hydrogen-bond acceptors (Lipinski definition) is 5. The SMILES string of the molecule is CC(C)C(=O)N(CCOc1ncc(C(F)(F)F)cc1Cl)c1cc(C(N)=O)ccn1. The van der Waals surface area contributed by atoms with Gasteiger partial charge in [-0.15, -0.1) is 0 Å². The maximum absolute atomic E-state index is 12.7. The van der Waals surface area contributed by atoms with E-state index in [1.807, 2.05) is 0 Å². The molecule has 0 radical (unpaired) electrons. The third kappa shape index (κ3) is 5.80. The Morgan fingerprint density at radius 3 is 2.52 bits per heavy atom. The molecule has 0 aliphatic carbocycles. The zero-order valence-corrected chi connectivity index (χ0v) is 16.3. The molecule has 29 heavy (non-hydrogen) atoms. The summed E-state index contributed by atoms with van der Waals surface area (Å²) in [5.41, 5.74) is 4.43. The third-order valence-corrected chi connectivity index (χ3v) is 4.03. The number of rotatable bonds is 7. The van der Waals surface area contributed by atoms with E-state index in [0.717, 1.165) is 0 Å². The minimum Gasteiger partial charge on any atom is -0.475 e. The van der Waals surface area contributed by atoms with Gasteiger partial charge in [0, 0.05) is 23.9 Å². The third-order valence-electron chi connectivity index (χ3n) is 3.75. The number of nitrogens with zero attached hydrogens (tertiary/aromatic N) is 3. The number of halogens is 4. The van der Waals surface area contributed by atoms with Crippen LogP contribution in [-0.4, -0.2) is 34.9 Å². The summed E-state index contributed by atoms with van der Waals surface area (Å²) in [5.74, 6) is -1.37. The monoisotopic (exact) mass is 430 g/mol. The molecule has 0 saturated heterocycles. The summed E-state index contributed by atoms with van der Waals surface area (Å²) < 4.78 is 43.4. The van der Waals surface area contributed by atoms with Crippen LogP contribution in [0.5, 0.6) is 5.88 Å². The van der Waals surface area contributed by atoms with Crippen molar-refractivity contribution < 1.29 is 27.5 Å². The largest absolute Gasteiger partial charge is 0.475 e. The topological polar surface area (TPSA) is 98.4 Å². The number of aromatic nitrogens is 2. The molecule has 0 aliphatic rings. The fourth-order valence-electron chi connectivity index (χ4n) is 2.29. The van der Waals surface area contributed by atoms with Crippen molar-refractivity contribution in [1.82, 2.24) is 9.97 Å². The molecule has 0 saturated carbocycles. The van der Waals surface area contributed by atoms with Crippen LogP contribution in [0.15, 0.2) is 30.6 Å². The Balaban J connectivity index is 2.16. The molecule has 0 aromatic carbocycles. The molecule has 2 aromatic heterocycles. The molecular formula is C18H18ClF3N4O3. The van der Waals surface area contributed by atoms with E-state index in [4.69, 9.17) is 22.1 Å². The molecule has 0 aliphatic heterocycles. The van der Waals surface area contributed by atoms with Crippen molar-refractivity contribution in [3.63, 3.8) is 0 Å². The van der Waals surface area contributed by atoms with Gasteiger partial charge in [0.1, 0.15) is 17.4 Å². The summed E-state index contributed by atoms with van der Waals surface area (Å²) in [7, 11) is 0. The summed E-state index contributed by atoms with van der Waals surface area (Å²) in [5, 5.41) is -0.310. The van der Waals surface area contributed by atoms with Crippen molar-refractivity contribution in [2.24, 2.45) is 11.7 Å². The first-order chi connectivity index (χ1) is 13.5. The van der Waals surface area contributed by atoms with E-state index in [1.165, 1.54) is 23.2 Å². The molecular weight excluding hydrogens is 413 g/mol. The van der Waals surface area contributed by atoms with Crippen LogP contribution in [0.4, 0.5) is 19.0 Å². The van der Waals surface area contributed by atoms with Gasteiger partial charge in [-0.25, -0.2) is 9.97 Å². The van der Waals surface area contributed by atoms with Crippen molar-refractivity contribution >= 4 is 29.2 Å². The summed E-state index contributed by atoms with van der Waals surface area (Å²) in [6.45, 7) is 3.23. The lowest BCUT2D eigenvalue weighted by Crippen LogP contribution is -2.38. The van der Waals surface area contributed by atoms with E-state index >= 15 is 0 Å². The number of alkyl halides is 3. The molecule has 11 heteroatoms. The van der Waals surface area contributed by atoms with Gasteiger partial charge in [0.05, 0.1) is 12.1 Å². The molecule has 0 unspecified atom stereocenters. The maximum Gasteiger partial charge on any atom is 0.417 e. The van der Waals surface area contributed by atoms with E-state index in [-0.39, 0.29) is 47.3 Å². The minimum atomic E-state index is -4.58. The average Bonchev–Trinajstić information content (AvgIpc) is 2.65. The smallest absolute Gasteiger partial charge is 0.417 e. The Kier molecular flexibility index (Phi) is 7.02. The molecule has 156 valence electrons. The number of ether oxygens (including phenoxy) is 1. The standard InChI is InChI=1S/C18H18ClF3N4O3/c1-10(2)17(28)26(14-7-11(15(23)27)3-4-24-14)5-6-29-16-13(19)8-12(9-25-16)18(20,21)22/h3-4,7-10H,5-6H2,1-2H3,(H2,23,27). The van der Waals surface area contributed by atoms with Gasteiger partial charge in [0.15, 0.2) is 0 Å². The predicted molar refractivity (Wildman–Crippen MR) is 99.7 cm³/mol. The number of carbonyl (C=O) groups excluding carboxylic acids is 2. The number of hydrogen-bond donors (Lipinski definition) is 1. The van der Waals surface area contributed by atoms with Gasteiger partial charge >= 0.3 is 6.18 Å². The van der Waals surface area contributed by atoms with Crippen LogP contribution >= 0.6 is 11.6 Å². The van der Waals surface area contributed by atoms with Gasteiger partial charge < -0.3 is 10.5 Å². The van der Waals surface area contributed by atoms with E-state index in [0.29, 0.717) is 12.3 Å². The van der Waals surface area contributed by atoms with E-state index in [1.54, 1.807) is 13.8 Å². The Hall–Kier alpha value is -2.88. The van der Waals surface area contributed by atoms with Crippen LogP contribution in [0, 0.1) is 5.92 Å². The van der Waals surface area contributed by atoms with Gasteiger partial charge in [0.25, 0.3) is 0 Å². The van der Waals surface area contributed by atoms with Crippen LogP contribution < -0.4 is 15.4 Å². The Morgan fingerprint density at radius 1 is 1.28 bits per heavy atom. The van der Waals surface area contributed by atoms with Crippen molar-refractivity contribution in [1.29, 1.82) is 0 Å². The van der Waals surface area contributed by atoms with Gasteiger partial charge in [-0.2, -0.15) is 13.2 Å². The van der Waals surface area contributed by atoms with Gasteiger partial charge in [-0.1, -0.05) is 25.4 Å². The second-order valence-electron chi connectivity index (χ2n) is 6.27. The molecule has 0 atom stereocenters. The van der Waals surface area contributed by atoms with Crippen LogP contribution in [-0.2, 0) is 11.0 Å². The second kappa shape index (κ2) is 9.08. The van der Waals surface area contributed by atoms with E-state index in [9.17, 15) is 22.8 Å². The lowest BCUT2D eigenvalue weighted by molar-refractivity contribution is -0.137. The van der Waals surface area contributed by atoms with Crippen molar-refractivity contribution in [2.75, 3.05) is 18.1 Å². The number of carbonyl (C=O) groups is 2. The van der Waals surface area contributed by atoms with Crippen LogP contribution in [0.1, 0.15) is 29.8 Å². The predicted octanol–water partition coefficient (Wildman–Crippen LogP) is 3.32. The molecule has 0 spiro atoms. The Bertz CT molecular complexity index is 906. The second-order valence-corrected chi connectivity index (χ2v) is 6.68. The summed E-state index contributed by atoms with van der Waals surface area (Å²) in [4.78, 5) is 32.9. The van der Waals surface area contributed by atoms with Crippen LogP contribution in [0.2, 0.25) is 5.02 Å². The highest BCUT2D eigenvalue weighted by molar-refractivity contribution is 6.31. The first-order valence-corrected chi connectivity index (χ1v) is 8.81. The average molecular weight is 431 g/mol. The Morgan fingerprint density at radius 2 is 1.97 bits per heavy atom. The molecule has 0 bridgehead atoms. The highest BCUT2D eigenvalue weighted by Gasteiger charge is 2.31. The lowest BCUT2D eigenvalue weighted by atomic mass is 10.1. The summed E-state index contributed by atoms with van der Waals surface area (Å²) >= 11 is 5.80. The molecule has 7 nitrogen and oxygen atoms in total. The number of amides is 2. The molecule has 0 fully saturated rings. The quantitative estimate of drug-likeness (QED) is 0.726. The number of primary amides is 1. The first kappa shape index (κ1) is 22.4.